The summed E-state index contributed by atoms with van der Waals surface area (Å²) >= 11 is 0. The van der Waals surface area contributed by atoms with E-state index < -0.39 is 6.16 Å². The van der Waals surface area contributed by atoms with Gasteiger partial charge in [-0.15, -0.1) is 0 Å². The Bertz CT molecular complexity index is 407. The highest BCUT2D eigenvalue weighted by molar-refractivity contribution is 5.53. The molecular weight excluding hydrogens is 332 g/mol. The van der Waals surface area contributed by atoms with Gasteiger partial charge < -0.3 is 10.2 Å². The largest absolute Gasteiger partial charge is 0.503 e. The monoisotopic (exact) mass is 368 g/mol. The van der Waals surface area contributed by atoms with Gasteiger partial charge in [0.1, 0.15) is 6.10 Å². The molecule has 0 radical (unpaired) electrons. The molecule has 0 fully saturated rings. The molecule has 150 valence electrons. The molecule has 0 saturated heterocycles. The van der Waals surface area contributed by atoms with E-state index in [1.807, 2.05) is 18.2 Å². The van der Waals surface area contributed by atoms with Crippen LogP contribution < -0.4 is 0 Å². The van der Waals surface area contributed by atoms with Crippen LogP contribution in [0.2, 0.25) is 0 Å². The number of allylic oxidation sites excluding steroid dienone is 7. The molecule has 1 atom stereocenters. The van der Waals surface area contributed by atoms with Crippen molar-refractivity contribution in [3.8, 4) is 0 Å². The quantitative estimate of drug-likeness (QED) is 0.103. The summed E-state index contributed by atoms with van der Waals surface area (Å²) in [7, 11) is 0. The Morgan fingerprint density at radius 3 is 2.04 bits per heavy atom. The van der Waals surface area contributed by atoms with Crippen molar-refractivity contribution in [3.05, 3.63) is 48.6 Å². The van der Waals surface area contributed by atoms with E-state index in [1.54, 1.807) is 0 Å². The number of hydrogen-bond acceptors (Lipinski definition) is 3. The second kappa shape index (κ2) is 23.1. The van der Waals surface area contributed by atoms with Gasteiger partial charge in [-0.3, -0.25) is 5.26 Å². The lowest BCUT2D eigenvalue weighted by atomic mass is 10.1. The van der Waals surface area contributed by atoms with Gasteiger partial charge in [0, 0.05) is 0 Å². The Labute approximate surface area is 158 Å². The molecule has 0 aromatic heterocycles. The maximum absolute atomic E-state index is 8.75. The van der Waals surface area contributed by atoms with Crippen molar-refractivity contribution in [2.75, 3.05) is 0 Å². The molecular formula is C21H36O5. The van der Waals surface area contributed by atoms with Crippen molar-refractivity contribution in [1.29, 1.82) is 0 Å². The third kappa shape index (κ3) is 27.0. The van der Waals surface area contributed by atoms with Crippen LogP contribution in [0.25, 0.3) is 0 Å². The zero-order chi connectivity index (χ0) is 19.9. The highest BCUT2D eigenvalue weighted by Gasteiger charge is 2.01. The molecule has 3 N–H and O–H groups in total. The van der Waals surface area contributed by atoms with Gasteiger partial charge in [-0.05, 0) is 32.1 Å². The van der Waals surface area contributed by atoms with Crippen molar-refractivity contribution in [2.24, 2.45) is 0 Å². The number of unbranched alkanes of at least 4 members (excludes halogenated alkanes) is 4. The van der Waals surface area contributed by atoms with Gasteiger partial charge in [0.2, 0.25) is 0 Å². The Hall–Kier alpha value is -1.85. The van der Waals surface area contributed by atoms with E-state index in [0.717, 1.165) is 32.1 Å². The van der Waals surface area contributed by atoms with Crippen molar-refractivity contribution < 1.29 is 25.2 Å². The zero-order valence-corrected chi connectivity index (χ0v) is 16.2. The van der Waals surface area contributed by atoms with E-state index in [0.29, 0.717) is 0 Å². The summed E-state index contributed by atoms with van der Waals surface area (Å²) in [6.07, 6.45) is 25.0. The lowest BCUT2D eigenvalue weighted by Crippen LogP contribution is -2.06. The van der Waals surface area contributed by atoms with Gasteiger partial charge in [-0.1, -0.05) is 88.1 Å². The highest BCUT2D eigenvalue weighted by Crippen LogP contribution is 2.05. The summed E-state index contributed by atoms with van der Waals surface area (Å²) in [5, 5.41) is 22.7. The molecule has 5 nitrogen and oxygen atoms in total. The van der Waals surface area contributed by atoms with Gasteiger partial charge in [-0.25, -0.2) is 9.68 Å². The van der Waals surface area contributed by atoms with Crippen LogP contribution in [-0.4, -0.2) is 27.7 Å². The molecule has 0 saturated carbocycles. The molecule has 5 heteroatoms. The van der Waals surface area contributed by atoms with Gasteiger partial charge in [-0.2, -0.15) is 0 Å². The van der Waals surface area contributed by atoms with Crippen LogP contribution in [0.3, 0.4) is 0 Å². The fourth-order valence-corrected chi connectivity index (χ4v) is 2.01. The van der Waals surface area contributed by atoms with E-state index in [1.165, 1.54) is 25.7 Å². The minimum absolute atomic E-state index is 0.182. The summed E-state index contributed by atoms with van der Waals surface area (Å²) in [6.45, 7) is 4.36. The van der Waals surface area contributed by atoms with Gasteiger partial charge in [0.25, 0.3) is 0 Å². The average Bonchev–Trinajstić information content (AvgIpc) is 2.61. The molecule has 1 unspecified atom stereocenters. The summed E-state index contributed by atoms with van der Waals surface area (Å²) in [4.78, 5) is 13.0. The van der Waals surface area contributed by atoms with Crippen LogP contribution in [-0.2, 0) is 4.89 Å². The van der Waals surface area contributed by atoms with Crippen LogP contribution in [0.5, 0.6) is 0 Å². The second-order valence-corrected chi connectivity index (χ2v) is 5.79. The maximum atomic E-state index is 8.75. The molecule has 0 aromatic rings. The van der Waals surface area contributed by atoms with Crippen LogP contribution >= 0.6 is 0 Å². The summed E-state index contributed by atoms with van der Waals surface area (Å²) in [5.41, 5.74) is 0. The van der Waals surface area contributed by atoms with Crippen LogP contribution in [0.15, 0.2) is 48.6 Å². The summed E-state index contributed by atoms with van der Waals surface area (Å²) in [6, 6.07) is 0. The Morgan fingerprint density at radius 2 is 1.46 bits per heavy atom. The molecule has 0 rings (SSSR count). The third-order valence-electron chi connectivity index (χ3n) is 3.40. The van der Waals surface area contributed by atoms with Crippen molar-refractivity contribution in [2.45, 2.75) is 77.7 Å². The van der Waals surface area contributed by atoms with Crippen LogP contribution in [0.1, 0.15) is 71.6 Å². The minimum Gasteiger partial charge on any atom is -0.450 e. The number of carbonyl (C=O) groups is 1. The Morgan fingerprint density at radius 1 is 0.885 bits per heavy atom. The fraction of sp³-hybridized carbons (Fsp3) is 0.571. The van der Waals surface area contributed by atoms with Crippen LogP contribution in [0.4, 0.5) is 4.79 Å². The SMILES string of the molecule is CCCCCC=CCC=CCC=CC=CC(CCCC)OO.O=C(O)O. The highest BCUT2D eigenvalue weighted by atomic mass is 17.1. The van der Waals surface area contributed by atoms with E-state index in [2.05, 4.69) is 49.1 Å². The molecule has 0 aliphatic rings. The molecule has 0 heterocycles. The predicted molar refractivity (Wildman–Crippen MR) is 108 cm³/mol. The molecule has 0 bridgehead atoms. The lowest BCUT2D eigenvalue weighted by molar-refractivity contribution is -0.267. The van der Waals surface area contributed by atoms with Gasteiger partial charge >= 0.3 is 6.16 Å². The number of carboxylic acid groups (broad SMARTS) is 2. The normalized spacial score (nSPS) is 12.9. The van der Waals surface area contributed by atoms with E-state index in [-0.39, 0.29) is 6.10 Å². The Balaban J connectivity index is 0. The van der Waals surface area contributed by atoms with Gasteiger partial charge in [0.15, 0.2) is 0 Å². The molecule has 0 aromatic carbocycles. The first-order valence-electron chi connectivity index (χ1n) is 9.43. The minimum atomic E-state index is -1.83. The third-order valence-corrected chi connectivity index (χ3v) is 3.40. The second-order valence-electron chi connectivity index (χ2n) is 5.79. The molecule has 0 aliphatic carbocycles. The topological polar surface area (TPSA) is 87.0 Å². The predicted octanol–water partition coefficient (Wildman–Crippen LogP) is 6.84. The molecule has 0 aliphatic heterocycles. The average molecular weight is 369 g/mol. The number of hydrogen-bond donors (Lipinski definition) is 3. The lowest BCUT2D eigenvalue weighted by Gasteiger charge is -2.06. The Kier molecular flexibility index (Phi) is 23.5. The first kappa shape index (κ1) is 26.4. The maximum Gasteiger partial charge on any atom is 0.503 e. The first-order valence-corrected chi connectivity index (χ1v) is 9.43. The smallest absolute Gasteiger partial charge is 0.450 e. The summed E-state index contributed by atoms with van der Waals surface area (Å²) < 4.78 is 0. The zero-order valence-electron chi connectivity index (χ0n) is 16.2. The van der Waals surface area contributed by atoms with Gasteiger partial charge in [0.05, 0.1) is 0 Å². The number of rotatable bonds is 14. The molecule has 0 amide bonds. The van der Waals surface area contributed by atoms with Crippen molar-refractivity contribution in [3.63, 3.8) is 0 Å². The molecule has 26 heavy (non-hydrogen) atoms. The van der Waals surface area contributed by atoms with Crippen LogP contribution in [0, 0.1) is 0 Å². The standard InChI is InChI=1S/C20H34O2.CH2O3/c1-3-5-7-8-9-10-11-12-13-14-15-16-17-19-20(22-21)18-6-4-2;2-1(3)4/h9-10,12-13,15-17,19-21H,3-8,11,14,18H2,1-2H3;(H2,2,3,4). The van der Waals surface area contributed by atoms with Crippen molar-refractivity contribution >= 4 is 6.16 Å². The van der Waals surface area contributed by atoms with E-state index in [4.69, 9.17) is 20.3 Å². The van der Waals surface area contributed by atoms with E-state index >= 15 is 0 Å². The van der Waals surface area contributed by atoms with E-state index in [9.17, 15) is 0 Å². The first-order chi connectivity index (χ1) is 12.6. The molecule has 0 spiro atoms. The fourth-order valence-electron chi connectivity index (χ4n) is 2.01. The van der Waals surface area contributed by atoms with Crippen molar-refractivity contribution in [1.82, 2.24) is 0 Å². The summed E-state index contributed by atoms with van der Waals surface area (Å²) in [5.74, 6) is 0.